The van der Waals surface area contributed by atoms with E-state index in [-0.39, 0.29) is 40.9 Å². The molecule has 0 radical (unpaired) electrons. The van der Waals surface area contributed by atoms with E-state index in [1.165, 1.54) is 19.2 Å². The summed E-state index contributed by atoms with van der Waals surface area (Å²) in [5.41, 5.74) is 0.751. The highest BCUT2D eigenvalue weighted by Gasteiger charge is 2.40. The summed E-state index contributed by atoms with van der Waals surface area (Å²) in [6.07, 6.45) is -4.28. The van der Waals surface area contributed by atoms with Crippen LogP contribution in [0.3, 0.4) is 0 Å². The fourth-order valence-corrected chi connectivity index (χ4v) is 4.28. The van der Waals surface area contributed by atoms with Crippen LogP contribution in [-0.4, -0.2) is 57.2 Å². The number of methoxy groups -OCH3 is 1. The molecule has 182 valence electrons. The summed E-state index contributed by atoms with van der Waals surface area (Å²) in [4.78, 5) is 12.7. The Labute approximate surface area is 199 Å². The zero-order valence-electron chi connectivity index (χ0n) is 18.4. The largest absolute Gasteiger partial charge is 0.508 e. The summed E-state index contributed by atoms with van der Waals surface area (Å²) >= 11 is 0. The highest BCUT2D eigenvalue weighted by molar-refractivity contribution is 6.05. The fourth-order valence-electron chi connectivity index (χ4n) is 4.28. The molecule has 2 heterocycles. The van der Waals surface area contributed by atoms with E-state index in [4.69, 9.17) is 18.9 Å². The first-order chi connectivity index (χ1) is 16.8. The number of phenolic OH excluding ortho intramolecular Hbond substituents is 3. The Kier molecular flexibility index (Phi) is 5.54. The molecule has 0 amide bonds. The van der Waals surface area contributed by atoms with Gasteiger partial charge in [0.15, 0.2) is 47.4 Å². The zero-order valence-corrected chi connectivity index (χ0v) is 18.4. The van der Waals surface area contributed by atoms with Crippen LogP contribution in [-0.2, 0) is 0 Å². The Morgan fingerprint density at radius 3 is 2.29 bits per heavy atom. The van der Waals surface area contributed by atoms with Crippen molar-refractivity contribution in [1.29, 1.82) is 0 Å². The second-order valence-electron chi connectivity index (χ2n) is 8.20. The van der Waals surface area contributed by atoms with Gasteiger partial charge < -0.3 is 44.5 Å². The van der Waals surface area contributed by atoms with Crippen molar-refractivity contribution in [3.8, 4) is 40.2 Å². The molecule has 3 aromatic carbocycles. The zero-order chi connectivity index (χ0) is 24.9. The van der Waals surface area contributed by atoms with Gasteiger partial charge in [-0.2, -0.15) is 0 Å². The number of rotatable bonds is 4. The number of Topliss-reactive ketones (excluding diaryl/α,β-unsaturated/α-hetero) is 1. The second kappa shape index (κ2) is 8.57. The normalized spacial score (nSPS) is 22.8. The number of ketones is 1. The van der Waals surface area contributed by atoms with Crippen LogP contribution >= 0.6 is 0 Å². The van der Waals surface area contributed by atoms with E-state index in [9.17, 15) is 30.3 Å². The molecule has 0 aliphatic carbocycles. The standard InChI is InChI=1S/C25H22O10/c1-32-17-6-11(2-4-14(17)28)24-20(10-26)33-16-5-3-12(7-18(16)34-24)25-23(31)22(30)21-15(29)8-13(27)9-19(21)35-25/h2-9,20,23-29,31H,10H2,1H3/t20-,23-,24-,25?/m0/s1. The average molecular weight is 482 g/mol. The quantitative estimate of drug-likeness (QED) is 0.374. The van der Waals surface area contributed by atoms with Crippen molar-refractivity contribution in [2.45, 2.75) is 24.4 Å². The smallest absolute Gasteiger partial charge is 0.202 e. The summed E-state index contributed by atoms with van der Waals surface area (Å²) in [5.74, 6) is -0.823. The number of phenols is 3. The summed E-state index contributed by atoms with van der Waals surface area (Å²) in [6, 6.07) is 11.5. The first-order valence-electron chi connectivity index (χ1n) is 10.7. The van der Waals surface area contributed by atoms with Crippen molar-refractivity contribution in [3.63, 3.8) is 0 Å². The number of aliphatic hydroxyl groups excluding tert-OH is 2. The number of carbonyl (C=O) groups is 1. The third-order valence-corrected chi connectivity index (χ3v) is 6.00. The Balaban J connectivity index is 1.49. The van der Waals surface area contributed by atoms with Crippen molar-refractivity contribution in [3.05, 3.63) is 65.2 Å². The minimum absolute atomic E-state index is 0.0540. The molecule has 2 aliphatic heterocycles. The molecule has 0 bridgehead atoms. The fraction of sp³-hybridized carbons (Fsp3) is 0.240. The Bertz CT molecular complexity index is 1300. The molecular weight excluding hydrogens is 460 g/mol. The van der Waals surface area contributed by atoms with Crippen LogP contribution in [0.2, 0.25) is 0 Å². The van der Waals surface area contributed by atoms with Gasteiger partial charge in [0.2, 0.25) is 5.78 Å². The number of hydrogen-bond donors (Lipinski definition) is 5. The van der Waals surface area contributed by atoms with Gasteiger partial charge in [-0.3, -0.25) is 4.79 Å². The molecule has 10 heteroatoms. The highest BCUT2D eigenvalue weighted by atomic mass is 16.6. The monoisotopic (exact) mass is 482 g/mol. The molecule has 0 aromatic heterocycles. The van der Waals surface area contributed by atoms with Gasteiger partial charge in [0.05, 0.1) is 13.7 Å². The van der Waals surface area contributed by atoms with Crippen LogP contribution in [0.25, 0.3) is 0 Å². The summed E-state index contributed by atoms with van der Waals surface area (Å²) in [7, 11) is 1.41. The van der Waals surface area contributed by atoms with E-state index in [1.807, 2.05) is 0 Å². The van der Waals surface area contributed by atoms with Crippen molar-refractivity contribution in [2.24, 2.45) is 0 Å². The Morgan fingerprint density at radius 2 is 1.54 bits per heavy atom. The minimum Gasteiger partial charge on any atom is -0.508 e. The minimum atomic E-state index is -1.62. The van der Waals surface area contributed by atoms with E-state index in [2.05, 4.69) is 0 Å². The summed E-state index contributed by atoms with van der Waals surface area (Å²) in [5, 5.41) is 50.2. The number of hydrogen-bond acceptors (Lipinski definition) is 10. The predicted molar refractivity (Wildman–Crippen MR) is 119 cm³/mol. The molecule has 5 N–H and O–H groups in total. The van der Waals surface area contributed by atoms with Crippen LogP contribution in [0.1, 0.15) is 33.7 Å². The molecule has 5 rings (SSSR count). The summed E-state index contributed by atoms with van der Waals surface area (Å²) in [6.45, 7) is -0.349. The molecule has 10 nitrogen and oxygen atoms in total. The van der Waals surface area contributed by atoms with E-state index < -0.39 is 35.9 Å². The van der Waals surface area contributed by atoms with Gasteiger partial charge in [-0.1, -0.05) is 12.1 Å². The van der Waals surface area contributed by atoms with Crippen LogP contribution in [0.4, 0.5) is 0 Å². The topological polar surface area (TPSA) is 155 Å². The van der Waals surface area contributed by atoms with Crippen molar-refractivity contribution >= 4 is 5.78 Å². The highest BCUT2D eigenvalue weighted by Crippen LogP contribution is 2.45. The lowest BCUT2D eigenvalue weighted by molar-refractivity contribution is -0.0130. The number of aliphatic hydroxyl groups is 2. The SMILES string of the molecule is COc1cc([C@@H]2Oc3cc(C4Oc5cc(O)cc(O)c5C(=O)[C@@H]4O)ccc3O[C@H]2CO)ccc1O. The van der Waals surface area contributed by atoms with Gasteiger partial charge >= 0.3 is 0 Å². The van der Waals surface area contributed by atoms with E-state index in [0.29, 0.717) is 16.9 Å². The molecule has 0 saturated heterocycles. The van der Waals surface area contributed by atoms with Gasteiger partial charge in [-0.25, -0.2) is 0 Å². The van der Waals surface area contributed by atoms with Gasteiger partial charge in [0.25, 0.3) is 0 Å². The maximum absolute atomic E-state index is 12.7. The molecule has 3 aromatic rings. The number of aromatic hydroxyl groups is 3. The Morgan fingerprint density at radius 1 is 0.829 bits per heavy atom. The van der Waals surface area contributed by atoms with E-state index in [1.54, 1.807) is 30.3 Å². The van der Waals surface area contributed by atoms with Crippen LogP contribution < -0.4 is 18.9 Å². The predicted octanol–water partition coefficient (Wildman–Crippen LogP) is 2.36. The van der Waals surface area contributed by atoms with E-state index in [0.717, 1.165) is 6.07 Å². The maximum atomic E-state index is 12.7. The van der Waals surface area contributed by atoms with Crippen LogP contribution in [0.15, 0.2) is 48.5 Å². The third-order valence-electron chi connectivity index (χ3n) is 6.00. The van der Waals surface area contributed by atoms with Gasteiger partial charge in [-0.15, -0.1) is 0 Å². The van der Waals surface area contributed by atoms with E-state index >= 15 is 0 Å². The molecule has 35 heavy (non-hydrogen) atoms. The lowest BCUT2D eigenvalue weighted by atomic mass is 9.92. The van der Waals surface area contributed by atoms with Crippen LogP contribution in [0.5, 0.6) is 40.2 Å². The molecule has 1 unspecified atom stereocenters. The number of benzene rings is 3. The first kappa shape index (κ1) is 22.6. The summed E-state index contributed by atoms with van der Waals surface area (Å²) < 4.78 is 23.0. The average Bonchev–Trinajstić information content (AvgIpc) is 2.85. The number of fused-ring (bicyclic) bond motifs is 2. The lowest BCUT2D eigenvalue weighted by Gasteiger charge is -2.35. The number of ether oxygens (including phenoxy) is 4. The molecule has 0 spiro atoms. The molecular formula is C25H22O10. The number of carbonyl (C=O) groups excluding carboxylic acids is 1. The lowest BCUT2D eigenvalue weighted by Crippen LogP contribution is -2.37. The van der Waals surface area contributed by atoms with Crippen molar-refractivity contribution in [1.82, 2.24) is 0 Å². The van der Waals surface area contributed by atoms with Crippen molar-refractivity contribution < 1.29 is 49.3 Å². The van der Waals surface area contributed by atoms with Gasteiger partial charge in [0.1, 0.15) is 22.8 Å². The first-order valence-corrected chi connectivity index (χ1v) is 10.7. The van der Waals surface area contributed by atoms with Crippen molar-refractivity contribution in [2.75, 3.05) is 13.7 Å². The molecule has 2 aliphatic rings. The Hall–Kier alpha value is -4.15. The maximum Gasteiger partial charge on any atom is 0.202 e. The third kappa shape index (κ3) is 3.82. The second-order valence-corrected chi connectivity index (χ2v) is 8.20. The molecule has 4 atom stereocenters. The molecule has 0 fully saturated rings. The van der Waals surface area contributed by atoms with Gasteiger partial charge in [-0.05, 0) is 29.8 Å². The van der Waals surface area contributed by atoms with Crippen LogP contribution in [0, 0.1) is 0 Å². The van der Waals surface area contributed by atoms with Gasteiger partial charge in [0, 0.05) is 17.7 Å². The molecule has 0 saturated carbocycles.